The van der Waals surface area contributed by atoms with Crippen molar-refractivity contribution >= 4 is 5.97 Å². The van der Waals surface area contributed by atoms with Crippen LogP contribution in [0, 0.1) is 6.92 Å². The molecular formula is C9H15N3O2. The summed E-state index contributed by atoms with van der Waals surface area (Å²) in [4.78, 5) is 11.4. The van der Waals surface area contributed by atoms with E-state index >= 15 is 0 Å². The van der Waals surface area contributed by atoms with Crippen LogP contribution in [0.3, 0.4) is 0 Å². The Morgan fingerprint density at radius 3 is 2.79 bits per heavy atom. The molecule has 1 rings (SSSR count). The van der Waals surface area contributed by atoms with E-state index in [-0.39, 0.29) is 12.5 Å². The van der Waals surface area contributed by atoms with E-state index in [0.29, 0.717) is 0 Å². The van der Waals surface area contributed by atoms with Crippen molar-refractivity contribution in [3.05, 3.63) is 17.5 Å². The molecular weight excluding hydrogens is 182 g/mol. The molecule has 0 saturated carbocycles. The number of hydrogen-bond acceptors (Lipinski definition) is 4. The number of nitrogens with two attached hydrogens (primary N) is 1. The standard InChI is InChI=1S/C9H15N3O2/c1-6-5-11-12(2)8(6)7(4-10)9(13)14-3/h5,7H,4,10H2,1-3H3. The summed E-state index contributed by atoms with van der Waals surface area (Å²) in [7, 11) is 3.14. The first kappa shape index (κ1) is 10.7. The Hall–Kier alpha value is -1.36. The lowest BCUT2D eigenvalue weighted by Crippen LogP contribution is -2.25. The maximum atomic E-state index is 11.4. The molecule has 0 aromatic carbocycles. The molecule has 78 valence electrons. The number of aromatic nitrogens is 2. The Morgan fingerprint density at radius 1 is 1.79 bits per heavy atom. The Morgan fingerprint density at radius 2 is 2.43 bits per heavy atom. The molecule has 0 spiro atoms. The molecule has 1 aromatic heterocycles. The van der Waals surface area contributed by atoms with Crippen LogP contribution in [0.25, 0.3) is 0 Å². The average Bonchev–Trinajstić information content (AvgIpc) is 2.50. The van der Waals surface area contributed by atoms with Gasteiger partial charge in [0.05, 0.1) is 19.0 Å². The van der Waals surface area contributed by atoms with Crippen molar-refractivity contribution < 1.29 is 9.53 Å². The maximum Gasteiger partial charge on any atom is 0.316 e. The summed E-state index contributed by atoms with van der Waals surface area (Å²) < 4.78 is 6.33. The van der Waals surface area contributed by atoms with Crippen molar-refractivity contribution in [2.75, 3.05) is 13.7 Å². The number of rotatable bonds is 3. The summed E-state index contributed by atoms with van der Waals surface area (Å²) in [5.74, 6) is -0.744. The van der Waals surface area contributed by atoms with Gasteiger partial charge in [-0.25, -0.2) is 0 Å². The molecule has 1 atom stereocenters. The van der Waals surface area contributed by atoms with Crippen molar-refractivity contribution in [2.24, 2.45) is 12.8 Å². The van der Waals surface area contributed by atoms with Gasteiger partial charge in [0.2, 0.25) is 0 Å². The Kier molecular flexibility index (Phi) is 3.24. The highest BCUT2D eigenvalue weighted by molar-refractivity contribution is 5.78. The molecule has 0 amide bonds. The van der Waals surface area contributed by atoms with Crippen LogP contribution in [-0.4, -0.2) is 29.4 Å². The molecule has 2 N–H and O–H groups in total. The normalized spacial score (nSPS) is 12.6. The monoisotopic (exact) mass is 197 g/mol. The number of esters is 1. The second kappa shape index (κ2) is 4.23. The molecule has 1 unspecified atom stereocenters. The van der Waals surface area contributed by atoms with E-state index in [9.17, 15) is 4.79 Å². The number of methoxy groups -OCH3 is 1. The van der Waals surface area contributed by atoms with Gasteiger partial charge in [-0.15, -0.1) is 0 Å². The van der Waals surface area contributed by atoms with Gasteiger partial charge in [0.1, 0.15) is 5.92 Å². The number of ether oxygens (including phenoxy) is 1. The van der Waals surface area contributed by atoms with Crippen molar-refractivity contribution in [3.8, 4) is 0 Å². The number of aryl methyl sites for hydroxylation is 2. The molecule has 0 fully saturated rings. The molecule has 0 aliphatic carbocycles. The van der Waals surface area contributed by atoms with Crippen LogP contribution in [-0.2, 0) is 16.6 Å². The lowest BCUT2D eigenvalue weighted by molar-refractivity contribution is -0.142. The fourth-order valence-electron chi connectivity index (χ4n) is 1.52. The van der Waals surface area contributed by atoms with Gasteiger partial charge in [0.25, 0.3) is 0 Å². The average molecular weight is 197 g/mol. The summed E-state index contributed by atoms with van der Waals surface area (Å²) in [5, 5.41) is 4.06. The molecule has 0 aliphatic rings. The summed E-state index contributed by atoms with van der Waals surface area (Å²) in [6.45, 7) is 2.13. The summed E-state index contributed by atoms with van der Waals surface area (Å²) in [6.07, 6.45) is 1.71. The zero-order valence-electron chi connectivity index (χ0n) is 8.65. The lowest BCUT2D eigenvalue weighted by Gasteiger charge is -2.13. The van der Waals surface area contributed by atoms with Crippen LogP contribution in [0.15, 0.2) is 6.20 Å². The first-order valence-corrected chi connectivity index (χ1v) is 4.38. The smallest absolute Gasteiger partial charge is 0.316 e. The lowest BCUT2D eigenvalue weighted by atomic mass is 10.0. The second-order valence-electron chi connectivity index (χ2n) is 3.15. The third-order valence-corrected chi connectivity index (χ3v) is 2.23. The molecule has 1 aromatic rings. The number of carbonyl (C=O) groups excluding carboxylic acids is 1. The SMILES string of the molecule is COC(=O)C(CN)c1c(C)cnn1C. The van der Waals surface area contributed by atoms with Crippen molar-refractivity contribution in [1.82, 2.24) is 9.78 Å². The fourth-order valence-corrected chi connectivity index (χ4v) is 1.52. The van der Waals surface area contributed by atoms with Gasteiger partial charge in [-0.3, -0.25) is 9.48 Å². The minimum atomic E-state index is -0.424. The van der Waals surface area contributed by atoms with Gasteiger partial charge in [0, 0.05) is 13.6 Å². The van der Waals surface area contributed by atoms with Crippen LogP contribution >= 0.6 is 0 Å². The zero-order chi connectivity index (χ0) is 10.7. The van der Waals surface area contributed by atoms with Crippen LogP contribution in [0.2, 0.25) is 0 Å². The van der Waals surface area contributed by atoms with E-state index in [1.807, 2.05) is 6.92 Å². The van der Waals surface area contributed by atoms with Crippen LogP contribution in [0.4, 0.5) is 0 Å². The molecule has 0 bridgehead atoms. The van der Waals surface area contributed by atoms with Crippen LogP contribution < -0.4 is 5.73 Å². The zero-order valence-corrected chi connectivity index (χ0v) is 8.65. The highest BCUT2D eigenvalue weighted by Gasteiger charge is 2.24. The van der Waals surface area contributed by atoms with E-state index < -0.39 is 5.92 Å². The van der Waals surface area contributed by atoms with Gasteiger partial charge < -0.3 is 10.5 Å². The topological polar surface area (TPSA) is 70.1 Å². The predicted octanol–water partition coefficient (Wildman–Crippen LogP) is -0.0562. The summed E-state index contributed by atoms with van der Waals surface area (Å²) >= 11 is 0. The molecule has 0 aliphatic heterocycles. The Labute approximate surface area is 82.8 Å². The van der Waals surface area contributed by atoms with Crippen molar-refractivity contribution in [2.45, 2.75) is 12.8 Å². The minimum absolute atomic E-state index is 0.229. The maximum absolute atomic E-state index is 11.4. The van der Waals surface area contributed by atoms with Crippen LogP contribution in [0.1, 0.15) is 17.2 Å². The second-order valence-corrected chi connectivity index (χ2v) is 3.15. The molecule has 0 saturated heterocycles. The van der Waals surface area contributed by atoms with Gasteiger partial charge in [0.15, 0.2) is 0 Å². The highest BCUT2D eigenvalue weighted by Crippen LogP contribution is 2.19. The van der Waals surface area contributed by atoms with E-state index in [1.165, 1.54) is 7.11 Å². The number of hydrogen-bond donors (Lipinski definition) is 1. The van der Waals surface area contributed by atoms with Gasteiger partial charge >= 0.3 is 5.97 Å². The quantitative estimate of drug-likeness (QED) is 0.689. The first-order chi connectivity index (χ1) is 6.61. The molecule has 5 nitrogen and oxygen atoms in total. The van der Waals surface area contributed by atoms with E-state index in [1.54, 1.807) is 17.9 Å². The van der Waals surface area contributed by atoms with Crippen LogP contribution in [0.5, 0.6) is 0 Å². The van der Waals surface area contributed by atoms with Crippen molar-refractivity contribution in [3.63, 3.8) is 0 Å². The molecule has 5 heteroatoms. The molecule has 0 radical (unpaired) electrons. The minimum Gasteiger partial charge on any atom is -0.468 e. The number of carbonyl (C=O) groups is 1. The van der Waals surface area contributed by atoms with E-state index in [2.05, 4.69) is 9.84 Å². The Balaban J connectivity index is 3.06. The Bertz CT molecular complexity index is 313. The third-order valence-electron chi connectivity index (χ3n) is 2.23. The highest BCUT2D eigenvalue weighted by atomic mass is 16.5. The summed E-state index contributed by atoms with van der Waals surface area (Å²) in [6, 6.07) is 0. The largest absolute Gasteiger partial charge is 0.468 e. The van der Waals surface area contributed by atoms with E-state index in [4.69, 9.17) is 5.73 Å². The molecule has 1 heterocycles. The molecule has 14 heavy (non-hydrogen) atoms. The van der Waals surface area contributed by atoms with Gasteiger partial charge in [-0.2, -0.15) is 5.10 Å². The number of nitrogens with zero attached hydrogens (tertiary/aromatic N) is 2. The summed E-state index contributed by atoms with van der Waals surface area (Å²) in [5.41, 5.74) is 7.31. The van der Waals surface area contributed by atoms with E-state index in [0.717, 1.165) is 11.3 Å². The first-order valence-electron chi connectivity index (χ1n) is 4.38. The fraction of sp³-hybridized carbons (Fsp3) is 0.556. The van der Waals surface area contributed by atoms with Gasteiger partial charge in [-0.1, -0.05) is 0 Å². The van der Waals surface area contributed by atoms with Crippen molar-refractivity contribution in [1.29, 1.82) is 0 Å². The third kappa shape index (κ3) is 1.77. The predicted molar refractivity (Wildman–Crippen MR) is 51.8 cm³/mol. The van der Waals surface area contributed by atoms with Gasteiger partial charge in [-0.05, 0) is 12.5 Å².